The van der Waals surface area contributed by atoms with E-state index in [1.54, 1.807) is 18.9 Å². The van der Waals surface area contributed by atoms with Crippen LogP contribution >= 0.6 is 23.4 Å². The fourth-order valence-electron chi connectivity index (χ4n) is 1.23. The number of ether oxygens (including phenoxy) is 1. The van der Waals surface area contributed by atoms with Crippen molar-refractivity contribution in [1.82, 2.24) is 5.32 Å². The first kappa shape index (κ1) is 12.8. The number of benzene rings is 1. The summed E-state index contributed by atoms with van der Waals surface area (Å²) in [7, 11) is 1.70. The number of nitrogens with one attached hydrogen (secondary N) is 1. The average Bonchev–Trinajstić information content (AvgIpc) is 2.25. The van der Waals surface area contributed by atoms with E-state index in [0.717, 1.165) is 29.6 Å². The van der Waals surface area contributed by atoms with E-state index in [1.807, 2.05) is 12.3 Å². The van der Waals surface area contributed by atoms with Crippen molar-refractivity contribution < 1.29 is 4.74 Å². The largest absolute Gasteiger partial charge is 0.383 e. The summed E-state index contributed by atoms with van der Waals surface area (Å²) in [4.78, 5) is 1.12. The van der Waals surface area contributed by atoms with Gasteiger partial charge in [-0.3, -0.25) is 0 Å². The molecule has 4 heteroatoms. The molecule has 0 saturated heterocycles. The van der Waals surface area contributed by atoms with Gasteiger partial charge in [0.15, 0.2) is 0 Å². The third-order valence-corrected chi connectivity index (χ3v) is 3.25. The maximum atomic E-state index is 6.10. The van der Waals surface area contributed by atoms with E-state index >= 15 is 0 Å². The Kier molecular flexibility index (Phi) is 6.10. The van der Waals surface area contributed by atoms with Crippen LogP contribution < -0.4 is 5.32 Å². The first-order valence-electron chi connectivity index (χ1n) is 4.80. The van der Waals surface area contributed by atoms with Gasteiger partial charge in [-0.05, 0) is 24.0 Å². The molecular formula is C11H16ClNOS. The smallest absolute Gasteiger partial charge is 0.0587 e. The van der Waals surface area contributed by atoms with Crippen LogP contribution in [-0.4, -0.2) is 26.5 Å². The molecule has 0 spiro atoms. The van der Waals surface area contributed by atoms with Gasteiger partial charge < -0.3 is 10.1 Å². The normalized spacial score (nSPS) is 10.6. The Morgan fingerprint density at radius 2 is 2.27 bits per heavy atom. The number of hydrogen-bond donors (Lipinski definition) is 1. The molecule has 0 saturated carbocycles. The molecule has 1 rings (SSSR count). The highest BCUT2D eigenvalue weighted by Crippen LogP contribution is 2.25. The molecule has 15 heavy (non-hydrogen) atoms. The van der Waals surface area contributed by atoms with E-state index < -0.39 is 0 Å². The van der Waals surface area contributed by atoms with E-state index in [0.29, 0.717) is 0 Å². The zero-order chi connectivity index (χ0) is 11.1. The Bertz CT molecular complexity index is 307. The topological polar surface area (TPSA) is 21.3 Å². The van der Waals surface area contributed by atoms with Crippen LogP contribution in [0.1, 0.15) is 5.56 Å². The summed E-state index contributed by atoms with van der Waals surface area (Å²) >= 11 is 7.76. The summed E-state index contributed by atoms with van der Waals surface area (Å²) in [6, 6.07) is 6.16. The standard InChI is InChI=1S/C11H16ClNOS/c1-14-6-5-13-8-9-3-4-11(15-2)10(12)7-9/h3-4,7,13H,5-6,8H2,1-2H3. The van der Waals surface area contributed by atoms with Crippen LogP contribution in [0, 0.1) is 0 Å². The Morgan fingerprint density at radius 3 is 2.87 bits per heavy atom. The quantitative estimate of drug-likeness (QED) is 0.615. The highest BCUT2D eigenvalue weighted by Gasteiger charge is 2.00. The number of hydrogen-bond acceptors (Lipinski definition) is 3. The minimum absolute atomic E-state index is 0.733. The third kappa shape index (κ3) is 4.43. The van der Waals surface area contributed by atoms with Gasteiger partial charge in [-0.1, -0.05) is 17.7 Å². The fourth-order valence-corrected chi connectivity index (χ4v) is 2.12. The molecule has 0 aliphatic rings. The molecule has 2 nitrogen and oxygen atoms in total. The highest BCUT2D eigenvalue weighted by molar-refractivity contribution is 7.98. The number of thioether (sulfide) groups is 1. The molecule has 1 aromatic carbocycles. The second kappa shape index (κ2) is 7.12. The molecule has 0 aromatic heterocycles. The molecule has 0 heterocycles. The van der Waals surface area contributed by atoms with Gasteiger partial charge in [0.2, 0.25) is 0 Å². The van der Waals surface area contributed by atoms with Gasteiger partial charge in [-0.2, -0.15) is 0 Å². The van der Waals surface area contributed by atoms with Crippen molar-refractivity contribution in [2.24, 2.45) is 0 Å². The van der Waals surface area contributed by atoms with Gasteiger partial charge in [-0.15, -0.1) is 11.8 Å². The predicted molar refractivity (Wildman–Crippen MR) is 66.8 cm³/mol. The lowest BCUT2D eigenvalue weighted by Crippen LogP contribution is -2.18. The lowest BCUT2D eigenvalue weighted by Gasteiger charge is -2.06. The second-order valence-electron chi connectivity index (χ2n) is 3.14. The summed E-state index contributed by atoms with van der Waals surface area (Å²) in [5, 5.41) is 4.10. The Hall–Kier alpha value is -0.220. The molecule has 0 fully saturated rings. The Morgan fingerprint density at radius 1 is 1.47 bits per heavy atom. The third-order valence-electron chi connectivity index (χ3n) is 2.03. The summed E-state index contributed by atoms with van der Waals surface area (Å²) in [5.41, 5.74) is 1.20. The van der Waals surface area contributed by atoms with Gasteiger partial charge >= 0.3 is 0 Å². The predicted octanol–water partition coefficient (Wildman–Crippen LogP) is 2.80. The lowest BCUT2D eigenvalue weighted by molar-refractivity contribution is 0.199. The zero-order valence-electron chi connectivity index (χ0n) is 9.05. The second-order valence-corrected chi connectivity index (χ2v) is 4.39. The summed E-state index contributed by atoms with van der Waals surface area (Å²) < 4.78 is 4.95. The zero-order valence-corrected chi connectivity index (χ0v) is 10.6. The fraction of sp³-hybridized carbons (Fsp3) is 0.455. The first-order valence-corrected chi connectivity index (χ1v) is 6.40. The number of halogens is 1. The first-order chi connectivity index (χ1) is 7.27. The van der Waals surface area contributed by atoms with E-state index in [2.05, 4.69) is 17.4 Å². The minimum atomic E-state index is 0.733. The average molecular weight is 246 g/mol. The Balaban J connectivity index is 2.45. The van der Waals surface area contributed by atoms with Crippen LogP contribution in [0.25, 0.3) is 0 Å². The van der Waals surface area contributed by atoms with Gasteiger partial charge in [0.1, 0.15) is 0 Å². The molecule has 0 aliphatic carbocycles. The van der Waals surface area contributed by atoms with Crippen molar-refractivity contribution in [2.75, 3.05) is 26.5 Å². The van der Waals surface area contributed by atoms with E-state index in [4.69, 9.17) is 16.3 Å². The van der Waals surface area contributed by atoms with Crippen molar-refractivity contribution >= 4 is 23.4 Å². The van der Waals surface area contributed by atoms with E-state index in [1.165, 1.54) is 5.56 Å². The molecule has 0 aliphatic heterocycles. The SMILES string of the molecule is COCCNCc1ccc(SC)c(Cl)c1. The van der Waals surface area contributed by atoms with Gasteiger partial charge in [-0.25, -0.2) is 0 Å². The van der Waals surface area contributed by atoms with Crippen molar-refractivity contribution in [3.8, 4) is 0 Å². The Labute approximate surface area is 100 Å². The molecule has 1 aromatic rings. The van der Waals surface area contributed by atoms with Crippen LogP contribution in [0.5, 0.6) is 0 Å². The van der Waals surface area contributed by atoms with Crippen LogP contribution in [0.15, 0.2) is 23.1 Å². The maximum Gasteiger partial charge on any atom is 0.0587 e. The molecule has 84 valence electrons. The van der Waals surface area contributed by atoms with Gasteiger partial charge in [0.05, 0.1) is 11.6 Å². The molecule has 0 amide bonds. The number of methoxy groups -OCH3 is 1. The maximum absolute atomic E-state index is 6.10. The van der Waals surface area contributed by atoms with Gasteiger partial charge in [0.25, 0.3) is 0 Å². The van der Waals surface area contributed by atoms with Gasteiger partial charge in [0, 0.05) is 25.1 Å². The molecular weight excluding hydrogens is 230 g/mol. The summed E-state index contributed by atoms with van der Waals surface area (Å²) in [6.45, 7) is 2.42. The van der Waals surface area contributed by atoms with Crippen molar-refractivity contribution in [2.45, 2.75) is 11.4 Å². The summed E-state index contributed by atoms with van der Waals surface area (Å²) in [6.07, 6.45) is 2.03. The molecule has 0 atom stereocenters. The lowest BCUT2D eigenvalue weighted by atomic mass is 10.2. The van der Waals surface area contributed by atoms with E-state index in [-0.39, 0.29) is 0 Å². The molecule has 0 bridgehead atoms. The minimum Gasteiger partial charge on any atom is -0.383 e. The molecule has 0 radical (unpaired) electrons. The van der Waals surface area contributed by atoms with Crippen LogP contribution in [0.4, 0.5) is 0 Å². The van der Waals surface area contributed by atoms with Crippen molar-refractivity contribution in [3.63, 3.8) is 0 Å². The van der Waals surface area contributed by atoms with Crippen molar-refractivity contribution in [1.29, 1.82) is 0 Å². The highest BCUT2D eigenvalue weighted by atomic mass is 35.5. The molecule has 0 unspecified atom stereocenters. The van der Waals surface area contributed by atoms with Crippen LogP contribution in [-0.2, 0) is 11.3 Å². The van der Waals surface area contributed by atoms with Crippen molar-refractivity contribution in [3.05, 3.63) is 28.8 Å². The monoisotopic (exact) mass is 245 g/mol. The van der Waals surface area contributed by atoms with E-state index in [9.17, 15) is 0 Å². The molecule has 1 N–H and O–H groups in total. The number of rotatable bonds is 6. The van der Waals surface area contributed by atoms with Crippen LogP contribution in [0.2, 0.25) is 5.02 Å². The summed E-state index contributed by atoms with van der Waals surface area (Å²) in [5.74, 6) is 0. The van der Waals surface area contributed by atoms with Crippen LogP contribution in [0.3, 0.4) is 0 Å².